The van der Waals surface area contributed by atoms with Crippen molar-refractivity contribution in [1.29, 1.82) is 0 Å². The fraction of sp³-hybridized carbons (Fsp3) is 0.381. The molecule has 1 fully saturated rings. The maximum absolute atomic E-state index is 13.5. The number of carbonyl (C=O) groups is 1. The van der Waals surface area contributed by atoms with Gasteiger partial charge in [-0.15, -0.1) is 0 Å². The smallest absolute Gasteiger partial charge is 0.411 e. The number of rotatable bonds is 5. The summed E-state index contributed by atoms with van der Waals surface area (Å²) in [6.07, 6.45) is -0.00868. The number of carboxylic acid groups (broad SMARTS) is 1. The van der Waals surface area contributed by atoms with Crippen LogP contribution in [0.15, 0.2) is 42.5 Å². The monoisotopic (exact) mass is 390 g/mol. The van der Waals surface area contributed by atoms with E-state index in [2.05, 4.69) is 18.7 Å². The number of amides is 1. The number of anilines is 1. The first-order chi connectivity index (χ1) is 12.9. The summed E-state index contributed by atoms with van der Waals surface area (Å²) in [5.74, 6) is -0.207. The predicted octanol–water partition coefficient (Wildman–Crippen LogP) is 5.36. The van der Waals surface area contributed by atoms with Crippen molar-refractivity contribution < 1.29 is 14.3 Å². The molecule has 1 amide bonds. The molecule has 27 heavy (non-hydrogen) atoms. The van der Waals surface area contributed by atoms with E-state index in [0.29, 0.717) is 23.8 Å². The lowest BCUT2D eigenvalue weighted by molar-refractivity contribution is 0.200. The van der Waals surface area contributed by atoms with Gasteiger partial charge in [0.1, 0.15) is 5.82 Å². The second-order valence-corrected chi connectivity index (χ2v) is 7.69. The van der Waals surface area contributed by atoms with E-state index < -0.39 is 11.9 Å². The highest BCUT2D eigenvalue weighted by Crippen LogP contribution is 2.34. The lowest BCUT2D eigenvalue weighted by Crippen LogP contribution is -2.36. The normalized spacial score (nSPS) is 17.4. The van der Waals surface area contributed by atoms with Gasteiger partial charge in [0.15, 0.2) is 0 Å². The summed E-state index contributed by atoms with van der Waals surface area (Å²) in [6, 6.07) is 12.2. The Morgan fingerprint density at radius 1 is 1.33 bits per heavy atom. The van der Waals surface area contributed by atoms with Crippen molar-refractivity contribution in [2.75, 3.05) is 24.5 Å². The minimum Gasteiger partial charge on any atom is -0.465 e. The molecule has 4 nitrogen and oxygen atoms in total. The van der Waals surface area contributed by atoms with Crippen molar-refractivity contribution in [2.45, 2.75) is 26.3 Å². The molecule has 0 aromatic heterocycles. The summed E-state index contributed by atoms with van der Waals surface area (Å²) in [4.78, 5) is 15.8. The Bertz CT molecular complexity index is 828. The fourth-order valence-corrected chi connectivity index (χ4v) is 3.82. The van der Waals surface area contributed by atoms with E-state index in [0.717, 1.165) is 25.1 Å². The number of nitrogens with zero attached hydrogens (tertiary/aromatic N) is 2. The van der Waals surface area contributed by atoms with Crippen LogP contribution in [0.1, 0.15) is 20.3 Å². The van der Waals surface area contributed by atoms with Gasteiger partial charge in [0.05, 0.1) is 10.7 Å². The molecule has 2 aromatic rings. The maximum atomic E-state index is 13.5. The average molecular weight is 391 g/mol. The van der Waals surface area contributed by atoms with Crippen LogP contribution in [0.2, 0.25) is 5.02 Å². The van der Waals surface area contributed by atoms with Crippen molar-refractivity contribution in [3.8, 4) is 11.1 Å². The van der Waals surface area contributed by atoms with Crippen molar-refractivity contribution in [3.63, 3.8) is 0 Å². The SMILES string of the molecule is CC(C)N1CCC(CN(C(=O)O)c2ccccc2-c2ccc(F)c(Cl)c2)C1. The van der Waals surface area contributed by atoms with Crippen molar-refractivity contribution in [3.05, 3.63) is 53.3 Å². The Morgan fingerprint density at radius 3 is 2.70 bits per heavy atom. The van der Waals surface area contributed by atoms with Crippen LogP contribution in [0.5, 0.6) is 0 Å². The largest absolute Gasteiger partial charge is 0.465 e. The second-order valence-electron chi connectivity index (χ2n) is 7.28. The number of para-hydroxylation sites is 1. The molecule has 1 N–H and O–H groups in total. The molecule has 3 rings (SSSR count). The zero-order chi connectivity index (χ0) is 19.6. The summed E-state index contributed by atoms with van der Waals surface area (Å²) in [5.41, 5.74) is 2.01. The molecular formula is C21H24ClFN2O2. The molecular weight excluding hydrogens is 367 g/mol. The van der Waals surface area contributed by atoms with Gasteiger partial charge >= 0.3 is 6.09 Å². The molecule has 1 heterocycles. The topological polar surface area (TPSA) is 43.8 Å². The fourth-order valence-electron chi connectivity index (χ4n) is 3.64. The van der Waals surface area contributed by atoms with Gasteiger partial charge in [-0.25, -0.2) is 9.18 Å². The van der Waals surface area contributed by atoms with Gasteiger partial charge in [-0.1, -0.05) is 35.9 Å². The molecule has 0 spiro atoms. The first-order valence-corrected chi connectivity index (χ1v) is 9.53. The van der Waals surface area contributed by atoms with E-state index >= 15 is 0 Å². The van der Waals surface area contributed by atoms with Gasteiger partial charge in [-0.3, -0.25) is 4.90 Å². The Kier molecular flexibility index (Phi) is 6.02. The van der Waals surface area contributed by atoms with E-state index in [4.69, 9.17) is 11.6 Å². The molecule has 0 saturated carbocycles. The summed E-state index contributed by atoms with van der Waals surface area (Å²) < 4.78 is 13.5. The van der Waals surface area contributed by atoms with Gasteiger partial charge in [0.2, 0.25) is 0 Å². The van der Waals surface area contributed by atoms with Crippen molar-refractivity contribution in [2.24, 2.45) is 5.92 Å². The van der Waals surface area contributed by atoms with E-state index in [9.17, 15) is 14.3 Å². The molecule has 1 saturated heterocycles. The van der Waals surface area contributed by atoms with E-state index in [1.165, 1.54) is 17.0 Å². The van der Waals surface area contributed by atoms with Gasteiger partial charge in [0.25, 0.3) is 0 Å². The Balaban J connectivity index is 1.90. The number of likely N-dealkylation sites (tertiary alicyclic amines) is 1. The van der Waals surface area contributed by atoms with Gasteiger partial charge in [0, 0.05) is 24.7 Å². The second kappa shape index (κ2) is 8.28. The molecule has 0 radical (unpaired) electrons. The third-order valence-electron chi connectivity index (χ3n) is 5.14. The van der Waals surface area contributed by atoms with Crippen LogP contribution in [0.4, 0.5) is 14.9 Å². The maximum Gasteiger partial charge on any atom is 0.411 e. The van der Waals surface area contributed by atoms with Gasteiger partial charge in [-0.2, -0.15) is 0 Å². The van der Waals surface area contributed by atoms with E-state index in [1.807, 2.05) is 18.2 Å². The highest BCUT2D eigenvalue weighted by atomic mass is 35.5. The van der Waals surface area contributed by atoms with Crippen LogP contribution in [-0.4, -0.2) is 41.8 Å². The van der Waals surface area contributed by atoms with Crippen molar-refractivity contribution >= 4 is 23.4 Å². The van der Waals surface area contributed by atoms with Crippen LogP contribution in [0.3, 0.4) is 0 Å². The lowest BCUT2D eigenvalue weighted by Gasteiger charge is -2.26. The Hall–Kier alpha value is -2.11. The Labute approximate surface area is 164 Å². The lowest BCUT2D eigenvalue weighted by atomic mass is 10.0. The van der Waals surface area contributed by atoms with Crippen LogP contribution in [-0.2, 0) is 0 Å². The third-order valence-corrected chi connectivity index (χ3v) is 5.43. The van der Waals surface area contributed by atoms with Crippen LogP contribution < -0.4 is 4.90 Å². The number of benzene rings is 2. The predicted molar refractivity (Wildman–Crippen MR) is 107 cm³/mol. The minimum absolute atomic E-state index is 0.0209. The van der Waals surface area contributed by atoms with Crippen molar-refractivity contribution in [1.82, 2.24) is 4.90 Å². The molecule has 6 heteroatoms. The molecule has 0 aliphatic carbocycles. The average Bonchev–Trinajstić information content (AvgIpc) is 3.11. The summed E-state index contributed by atoms with van der Waals surface area (Å²) in [6.45, 7) is 6.64. The van der Waals surface area contributed by atoms with E-state index in [1.54, 1.807) is 12.1 Å². The van der Waals surface area contributed by atoms with Crippen LogP contribution in [0, 0.1) is 11.7 Å². The molecule has 1 unspecified atom stereocenters. The third kappa shape index (κ3) is 4.42. The molecule has 1 atom stereocenters. The summed E-state index contributed by atoms with van der Waals surface area (Å²) >= 11 is 5.93. The molecule has 2 aromatic carbocycles. The number of halogens is 2. The minimum atomic E-state index is -0.987. The molecule has 1 aliphatic heterocycles. The molecule has 144 valence electrons. The summed E-state index contributed by atoms with van der Waals surface area (Å²) in [7, 11) is 0. The number of hydrogen-bond acceptors (Lipinski definition) is 2. The number of hydrogen-bond donors (Lipinski definition) is 1. The van der Waals surface area contributed by atoms with Gasteiger partial charge < -0.3 is 10.0 Å². The quantitative estimate of drug-likeness (QED) is 0.747. The molecule has 1 aliphatic rings. The zero-order valence-corrected chi connectivity index (χ0v) is 16.3. The highest BCUT2D eigenvalue weighted by molar-refractivity contribution is 6.31. The first kappa shape index (κ1) is 19.6. The summed E-state index contributed by atoms with van der Waals surface area (Å²) in [5, 5.41) is 9.88. The highest BCUT2D eigenvalue weighted by Gasteiger charge is 2.29. The standard InChI is InChI=1S/C21H24ClFN2O2/c1-14(2)24-10-9-15(12-24)13-25(21(26)27)20-6-4-3-5-17(20)16-7-8-19(23)18(22)11-16/h3-8,11,14-15H,9-10,12-13H2,1-2H3,(H,26,27). The van der Waals surface area contributed by atoms with Crippen LogP contribution >= 0.6 is 11.6 Å². The molecule has 0 bridgehead atoms. The van der Waals surface area contributed by atoms with Crippen LogP contribution in [0.25, 0.3) is 11.1 Å². The zero-order valence-electron chi connectivity index (χ0n) is 15.5. The van der Waals surface area contributed by atoms with E-state index in [-0.39, 0.29) is 10.9 Å². The van der Waals surface area contributed by atoms with Gasteiger partial charge in [-0.05, 0) is 56.5 Å². The Morgan fingerprint density at radius 2 is 2.07 bits per heavy atom. The first-order valence-electron chi connectivity index (χ1n) is 9.15.